The van der Waals surface area contributed by atoms with E-state index in [4.69, 9.17) is 4.74 Å². The van der Waals surface area contributed by atoms with Crippen molar-refractivity contribution in [1.29, 1.82) is 0 Å². The monoisotopic (exact) mass is 484 g/mol. The number of carbonyl (C=O) groups excluding carboxylic acids is 1. The molecule has 5 aliphatic rings. The number of ether oxygens (including phenoxy) is 1. The Hall–Kier alpha value is -1.32. The third kappa shape index (κ3) is 3.51. The van der Waals surface area contributed by atoms with Crippen LogP contribution in [-0.4, -0.2) is 23.1 Å². The predicted octanol–water partition coefficient (Wildman–Crippen LogP) is 7.41. The van der Waals surface area contributed by atoms with Gasteiger partial charge in [-0.2, -0.15) is 0 Å². The normalized spacial score (nSPS) is 47.7. The van der Waals surface area contributed by atoms with E-state index in [1.807, 2.05) is 0 Å². The van der Waals surface area contributed by atoms with Gasteiger partial charge in [0, 0.05) is 12.3 Å². The molecule has 0 aromatic heterocycles. The van der Waals surface area contributed by atoms with Gasteiger partial charge >= 0.3 is 11.9 Å². The zero-order valence-corrected chi connectivity index (χ0v) is 23.2. The highest BCUT2D eigenvalue weighted by Crippen LogP contribution is 2.72. The first-order chi connectivity index (χ1) is 16.2. The highest BCUT2D eigenvalue weighted by atomic mass is 16.5. The molecule has 0 unspecified atom stereocenters. The van der Waals surface area contributed by atoms with Gasteiger partial charge < -0.3 is 9.84 Å². The van der Waals surface area contributed by atoms with Gasteiger partial charge in [-0.05, 0) is 104 Å². The first-order valence-corrected chi connectivity index (χ1v) is 14.3. The van der Waals surface area contributed by atoms with E-state index in [0.29, 0.717) is 17.8 Å². The summed E-state index contributed by atoms with van der Waals surface area (Å²) in [6, 6.07) is 0. The van der Waals surface area contributed by atoms with Crippen LogP contribution in [0.25, 0.3) is 0 Å². The Morgan fingerprint density at radius 3 is 2.29 bits per heavy atom. The summed E-state index contributed by atoms with van der Waals surface area (Å²) in [5.74, 6) is 1.13. The Morgan fingerprint density at radius 1 is 0.914 bits per heavy atom. The van der Waals surface area contributed by atoms with Gasteiger partial charge in [-0.3, -0.25) is 9.59 Å². The van der Waals surface area contributed by atoms with Crippen molar-refractivity contribution in [2.24, 2.45) is 50.7 Å². The number of carboxylic acids is 1. The number of hydrogen-bond donors (Lipinski definition) is 1. The number of aliphatic carboxylic acids is 1. The maximum atomic E-state index is 12.7. The lowest BCUT2D eigenvalue weighted by Gasteiger charge is -2.68. The van der Waals surface area contributed by atoms with Crippen LogP contribution in [0.1, 0.15) is 113 Å². The molecule has 1 N–H and O–H groups in total. The average molecular weight is 485 g/mol. The molecule has 0 spiro atoms. The van der Waals surface area contributed by atoms with Crippen LogP contribution in [-0.2, 0) is 14.3 Å². The Balaban J connectivity index is 1.50. The molecule has 4 fully saturated rings. The topological polar surface area (TPSA) is 63.6 Å². The van der Waals surface area contributed by atoms with Crippen molar-refractivity contribution in [2.75, 3.05) is 0 Å². The van der Waals surface area contributed by atoms with Crippen molar-refractivity contribution >= 4 is 11.9 Å². The van der Waals surface area contributed by atoms with Gasteiger partial charge in [-0.15, -0.1) is 0 Å². The minimum Gasteiger partial charge on any atom is -0.481 e. The molecular formula is C31H48O4. The fourth-order valence-corrected chi connectivity index (χ4v) is 10.7. The summed E-state index contributed by atoms with van der Waals surface area (Å²) in [6.07, 6.45) is 12.8. The molecule has 4 heteroatoms. The Bertz CT molecular complexity index is 946. The predicted molar refractivity (Wildman–Crippen MR) is 138 cm³/mol. The molecule has 0 aromatic carbocycles. The molecule has 8 atom stereocenters. The van der Waals surface area contributed by atoms with E-state index in [2.05, 4.69) is 47.6 Å². The van der Waals surface area contributed by atoms with Crippen LogP contribution >= 0.6 is 0 Å². The molecule has 4 saturated carbocycles. The lowest BCUT2D eigenvalue weighted by molar-refractivity contribution is -0.195. The number of carboxylic acid groups (broad SMARTS) is 1. The molecule has 196 valence electrons. The number of carbonyl (C=O) groups is 2. The average Bonchev–Trinajstić information content (AvgIpc) is 2.74. The summed E-state index contributed by atoms with van der Waals surface area (Å²) in [4.78, 5) is 24.6. The van der Waals surface area contributed by atoms with Crippen molar-refractivity contribution in [3.63, 3.8) is 0 Å². The van der Waals surface area contributed by atoms with Gasteiger partial charge in [0.05, 0.1) is 5.41 Å². The van der Waals surface area contributed by atoms with Gasteiger partial charge in [0.2, 0.25) is 0 Å². The van der Waals surface area contributed by atoms with Crippen molar-refractivity contribution in [3.05, 3.63) is 11.6 Å². The largest absolute Gasteiger partial charge is 0.481 e. The van der Waals surface area contributed by atoms with E-state index in [9.17, 15) is 14.7 Å². The smallest absolute Gasteiger partial charge is 0.310 e. The van der Waals surface area contributed by atoms with Crippen molar-refractivity contribution in [3.8, 4) is 0 Å². The highest BCUT2D eigenvalue weighted by Gasteiger charge is 2.66. The number of rotatable bonds is 2. The Labute approximate surface area is 212 Å². The van der Waals surface area contributed by atoms with E-state index >= 15 is 0 Å². The van der Waals surface area contributed by atoms with Crippen LogP contribution in [0.4, 0.5) is 0 Å². The van der Waals surface area contributed by atoms with E-state index in [0.717, 1.165) is 44.9 Å². The van der Waals surface area contributed by atoms with Gasteiger partial charge in [0.25, 0.3) is 0 Å². The maximum absolute atomic E-state index is 12.7. The molecule has 0 aromatic rings. The Morgan fingerprint density at radius 2 is 1.63 bits per heavy atom. The van der Waals surface area contributed by atoms with Crippen LogP contribution < -0.4 is 0 Å². The van der Waals surface area contributed by atoms with Gasteiger partial charge in [0.1, 0.15) is 6.10 Å². The second kappa shape index (κ2) is 7.84. The Kier molecular flexibility index (Phi) is 5.67. The minimum absolute atomic E-state index is 0.00770. The molecule has 0 heterocycles. The molecule has 0 aliphatic heterocycles. The molecule has 4 nitrogen and oxygen atoms in total. The standard InChI is InChI=1S/C31H48O4/c1-19(32)35-25-12-14-30(7)23(28(25,4)5)11-13-29(6)21-10-15-31(26(33)34)17-16-27(2,3)18-22(31)20(21)8-9-24(29)30/h10,20,22-25H,8-9,11-18H2,1-7H3,(H,33,34)/t20-,22+,23+,24+,25+,29+,30+,31+/m1/s1. The molecular weight excluding hydrogens is 436 g/mol. The van der Waals surface area contributed by atoms with Gasteiger partial charge in [-0.25, -0.2) is 0 Å². The van der Waals surface area contributed by atoms with Gasteiger partial charge in [0.15, 0.2) is 0 Å². The third-order valence-electron chi connectivity index (χ3n) is 12.4. The zero-order chi connectivity index (χ0) is 25.6. The summed E-state index contributed by atoms with van der Waals surface area (Å²) in [6.45, 7) is 16.0. The lowest BCUT2D eigenvalue weighted by Crippen LogP contribution is -2.62. The molecule has 5 rings (SSSR count). The second-order valence-corrected chi connectivity index (χ2v) is 15.0. The van der Waals surface area contributed by atoms with Crippen LogP contribution in [0.15, 0.2) is 11.6 Å². The van der Waals surface area contributed by atoms with Gasteiger partial charge in [-0.1, -0.05) is 53.2 Å². The number of hydrogen-bond acceptors (Lipinski definition) is 3. The third-order valence-corrected chi connectivity index (χ3v) is 12.4. The van der Waals surface area contributed by atoms with E-state index in [-0.39, 0.29) is 39.7 Å². The SMILES string of the molecule is CC(=O)O[C@H]1CC[C@]2(C)[C@H]3CC[C@@H]4C(=CC[C@]5(C(=O)O)CCC(C)(C)C[C@@H]45)[C@]3(C)CC[C@H]2C1(C)C. The van der Waals surface area contributed by atoms with E-state index in [1.54, 1.807) is 12.5 Å². The number of esters is 1. The summed E-state index contributed by atoms with van der Waals surface area (Å²) in [5.41, 5.74) is 1.65. The van der Waals surface area contributed by atoms with Crippen LogP contribution in [0.5, 0.6) is 0 Å². The van der Waals surface area contributed by atoms with Crippen LogP contribution in [0.3, 0.4) is 0 Å². The molecule has 35 heavy (non-hydrogen) atoms. The van der Waals surface area contributed by atoms with Crippen molar-refractivity contribution < 1.29 is 19.4 Å². The number of allylic oxidation sites excluding steroid dienone is 2. The molecule has 0 radical (unpaired) electrons. The lowest BCUT2D eigenvalue weighted by atomic mass is 9.37. The van der Waals surface area contributed by atoms with Crippen molar-refractivity contribution in [2.45, 2.75) is 119 Å². The summed E-state index contributed by atoms with van der Waals surface area (Å²) >= 11 is 0. The summed E-state index contributed by atoms with van der Waals surface area (Å²) < 4.78 is 5.85. The fourth-order valence-electron chi connectivity index (χ4n) is 10.7. The summed E-state index contributed by atoms with van der Waals surface area (Å²) in [7, 11) is 0. The zero-order valence-electron chi connectivity index (χ0n) is 23.2. The van der Waals surface area contributed by atoms with Crippen molar-refractivity contribution in [1.82, 2.24) is 0 Å². The fraction of sp³-hybridized carbons (Fsp3) is 0.871. The van der Waals surface area contributed by atoms with E-state index < -0.39 is 11.4 Å². The first kappa shape index (κ1) is 25.3. The summed E-state index contributed by atoms with van der Waals surface area (Å²) in [5, 5.41) is 10.5. The first-order valence-electron chi connectivity index (χ1n) is 14.3. The molecule has 0 amide bonds. The minimum atomic E-state index is -0.557. The highest BCUT2D eigenvalue weighted by molar-refractivity contribution is 5.76. The number of fused-ring (bicyclic) bond motifs is 7. The molecule has 0 saturated heterocycles. The maximum Gasteiger partial charge on any atom is 0.310 e. The quantitative estimate of drug-likeness (QED) is 0.327. The van der Waals surface area contributed by atoms with Crippen LogP contribution in [0.2, 0.25) is 0 Å². The molecule has 0 bridgehead atoms. The van der Waals surface area contributed by atoms with E-state index in [1.165, 1.54) is 19.3 Å². The second-order valence-electron chi connectivity index (χ2n) is 15.0. The van der Waals surface area contributed by atoms with Crippen LogP contribution in [0, 0.1) is 50.7 Å². The molecule has 5 aliphatic carbocycles.